The number of nitriles is 1. The van der Waals surface area contributed by atoms with Crippen molar-refractivity contribution in [3.8, 4) is 6.07 Å². The van der Waals surface area contributed by atoms with E-state index in [0.717, 1.165) is 12.0 Å². The number of alkyl halides is 3. The maximum Gasteiger partial charge on any atom is 0.451 e. The van der Waals surface area contributed by atoms with Gasteiger partial charge >= 0.3 is 6.18 Å². The van der Waals surface area contributed by atoms with E-state index in [1.165, 1.54) is 6.07 Å². The lowest BCUT2D eigenvalue weighted by Gasteiger charge is -2.33. The van der Waals surface area contributed by atoms with Crippen molar-refractivity contribution in [3.05, 3.63) is 52.4 Å². The Kier molecular flexibility index (Phi) is 6.93. The topological polar surface area (TPSA) is 69.9 Å². The summed E-state index contributed by atoms with van der Waals surface area (Å²) in [6.45, 7) is 0.833. The second-order valence-electron chi connectivity index (χ2n) is 7.28. The van der Waals surface area contributed by atoms with Crippen LogP contribution in [0.15, 0.2) is 30.3 Å². The SMILES string of the molecule is N#Cc1ccc(CCCC(=O)[C@@H]2CCCN(c3cc(Cl)nc(C(F)(F)F)n3)C2)cc1. The summed E-state index contributed by atoms with van der Waals surface area (Å²) in [5, 5.41) is 8.55. The van der Waals surface area contributed by atoms with E-state index in [9.17, 15) is 18.0 Å². The standard InChI is InChI=1S/C21H20ClF3N4O/c22-18-11-19(28-20(27-18)21(23,24)25)29-10-2-4-16(13-29)17(30)5-1-3-14-6-8-15(12-26)9-7-14/h6-9,11,16H,1-5,10,13H2/t16-/m1/s1. The summed E-state index contributed by atoms with van der Waals surface area (Å²) in [6, 6.07) is 10.6. The molecule has 1 aromatic heterocycles. The number of Topliss-reactive ketones (excluding diaryl/α,β-unsaturated/α-hetero) is 1. The quantitative estimate of drug-likeness (QED) is 0.606. The smallest absolute Gasteiger partial charge is 0.356 e. The van der Waals surface area contributed by atoms with Gasteiger partial charge in [0, 0.05) is 31.5 Å². The molecule has 30 heavy (non-hydrogen) atoms. The first kappa shape index (κ1) is 22.0. The summed E-state index contributed by atoms with van der Waals surface area (Å²) in [6.07, 6.45) is -1.48. The summed E-state index contributed by atoms with van der Waals surface area (Å²) in [5.74, 6) is -1.33. The molecule has 1 saturated heterocycles. The molecular weight excluding hydrogens is 417 g/mol. The van der Waals surface area contributed by atoms with Crippen molar-refractivity contribution in [2.24, 2.45) is 5.92 Å². The van der Waals surface area contributed by atoms with E-state index in [1.54, 1.807) is 17.0 Å². The zero-order valence-corrected chi connectivity index (χ0v) is 16.9. The van der Waals surface area contributed by atoms with E-state index in [0.29, 0.717) is 44.3 Å². The molecule has 1 aromatic carbocycles. The molecule has 1 fully saturated rings. The van der Waals surface area contributed by atoms with Gasteiger partial charge < -0.3 is 4.90 Å². The lowest BCUT2D eigenvalue weighted by Crippen LogP contribution is -2.39. The second-order valence-corrected chi connectivity index (χ2v) is 7.67. The highest BCUT2D eigenvalue weighted by molar-refractivity contribution is 6.29. The molecule has 9 heteroatoms. The van der Waals surface area contributed by atoms with Crippen LogP contribution in [0.5, 0.6) is 0 Å². The van der Waals surface area contributed by atoms with E-state index >= 15 is 0 Å². The van der Waals surface area contributed by atoms with Crippen molar-refractivity contribution >= 4 is 23.2 Å². The van der Waals surface area contributed by atoms with Crippen LogP contribution in [0, 0.1) is 17.2 Å². The van der Waals surface area contributed by atoms with Gasteiger partial charge in [0.1, 0.15) is 16.8 Å². The van der Waals surface area contributed by atoms with Crippen LogP contribution >= 0.6 is 11.6 Å². The first-order valence-corrected chi connectivity index (χ1v) is 10.0. The van der Waals surface area contributed by atoms with Crippen molar-refractivity contribution in [1.29, 1.82) is 5.26 Å². The highest BCUT2D eigenvalue weighted by Crippen LogP contribution is 2.31. The van der Waals surface area contributed by atoms with Crippen molar-refractivity contribution in [2.75, 3.05) is 18.0 Å². The zero-order valence-electron chi connectivity index (χ0n) is 16.1. The van der Waals surface area contributed by atoms with Gasteiger partial charge in [-0.25, -0.2) is 9.97 Å². The van der Waals surface area contributed by atoms with Crippen LogP contribution in [0.3, 0.4) is 0 Å². The van der Waals surface area contributed by atoms with Crippen LogP contribution in [-0.4, -0.2) is 28.8 Å². The molecular formula is C21H20ClF3N4O. The van der Waals surface area contributed by atoms with Crippen LogP contribution in [0.25, 0.3) is 0 Å². The van der Waals surface area contributed by atoms with Crippen LogP contribution in [0.2, 0.25) is 5.15 Å². The van der Waals surface area contributed by atoms with Crippen LogP contribution < -0.4 is 4.90 Å². The molecule has 0 amide bonds. The fourth-order valence-corrected chi connectivity index (χ4v) is 3.74. The predicted molar refractivity (Wildman–Crippen MR) is 106 cm³/mol. The Morgan fingerprint density at radius 2 is 2.00 bits per heavy atom. The molecule has 158 valence electrons. The number of hydrogen-bond acceptors (Lipinski definition) is 5. The molecule has 0 bridgehead atoms. The minimum atomic E-state index is -4.68. The van der Waals surface area contributed by atoms with Crippen molar-refractivity contribution in [3.63, 3.8) is 0 Å². The molecule has 0 radical (unpaired) electrons. The zero-order chi connectivity index (χ0) is 21.7. The highest BCUT2D eigenvalue weighted by atomic mass is 35.5. The van der Waals surface area contributed by atoms with Crippen molar-refractivity contribution in [2.45, 2.75) is 38.3 Å². The van der Waals surface area contributed by atoms with Gasteiger partial charge in [-0.05, 0) is 43.4 Å². The summed E-state index contributed by atoms with van der Waals surface area (Å²) < 4.78 is 38.9. The Labute approximate surface area is 177 Å². The second kappa shape index (κ2) is 9.43. The highest BCUT2D eigenvalue weighted by Gasteiger charge is 2.36. The molecule has 3 rings (SSSR count). The normalized spacial score (nSPS) is 16.9. The third kappa shape index (κ3) is 5.70. The molecule has 0 N–H and O–H groups in total. The monoisotopic (exact) mass is 436 g/mol. The van der Waals surface area contributed by atoms with Gasteiger partial charge in [-0.2, -0.15) is 18.4 Å². The van der Waals surface area contributed by atoms with Gasteiger partial charge in [-0.15, -0.1) is 0 Å². The molecule has 0 unspecified atom stereocenters. The largest absolute Gasteiger partial charge is 0.451 e. The Balaban J connectivity index is 1.58. The fraction of sp³-hybridized carbons (Fsp3) is 0.429. The van der Waals surface area contributed by atoms with E-state index in [1.807, 2.05) is 12.1 Å². The molecule has 2 aromatic rings. The molecule has 0 aliphatic carbocycles. The van der Waals surface area contributed by atoms with Crippen LogP contribution in [-0.2, 0) is 17.4 Å². The number of aromatic nitrogens is 2. The van der Waals surface area contributed by atoms with Gasteiger partial charge in [-0.1, -0.05) is 23.7 Å². The number of ketones is 1. The number of aryl methyl sites for hydroxylation is 1. The third-order valence-corrected chi connectivity index (χ3v) is 5.30. The first-order valence-electron chi connectivity index (χ1n) is 9.65. The number of hydrogen-bond donors (Lipinski definition) is 0. The van der Waals surface area contributed by atoms with Crippen LogP contribution in [0.4, 0.5) is 19.0 Å². The summed E-state index contributed by atoms with van der Waals surface area (Å²) in [5.41, 5.74) is 1.65. The predicted octanol–water partition coefficient (Wildman–Crippen LogP) is 4.83. The summed E-state index contributed by atoms with van der Waals surface area (Å²) >= 11 is 5.76. The Morgan fingerprint density at radius 1 is 1.27 bits per heavy atom. The first-order chi connectivity index (χ1) is 14.3. The lowest BCUT2D eigenvalue weighted by atomic mass is 9.90. The number of halogens is 4. The third-order valence-electron chi connectivity index (χ3n) is 5.11. The minimum absolute atomic E-state index is 0.0948. The average Bonchev–Trinajstić information content (AvgIpc) is 2.73. The number of anilines is 1. The van der Waals surface area contributed by atoms with Crippen molar-refractivity contribution < 1.29 is 18.0 Å². The molecule has 1 aliphatic rings. The fourth-order valence-electron chi connectivity index (χ4n) is 3.56. The summed E-state index contributed by atoms with van der Waals surface area (Å²) in [7, 11) is 0. The number of rotatable bonds is 6. The molecule has 1 aliphatic heterocycles. The van der Waals surface area contributed by atoms with Gasteiger partial charge in [0.25, 0.3) is 0 Å². The van der Waals surface area contributed by atoms with Crippen molar-refractivity contribution in [1.82, 2.24) is 9.97 Å². The van der Waals surface area contributed by atoms with Gasteiger partial charge in [0.15, 0.2) is 0 Å². The maximum absolute atomic E-state index is 13.0. The number of carbonyl (C=O) groups excluding carboxylic acids is 1. The molecule has 0 saturated carbocycles. The van der Waals surface area contributed by atoms with E-state index in [-0.39, 0.29) is 22.7 Å². The summed E-state index contributed by atoms with van der Waals surface area (Å²) in [4.78, 5) is 21.2. The Bertz CT molecular complexity index is 941. The molecule has 2 heterocycles. The Hall–Kier alpha value is -2.66. The van der Waals surface area contributed by atoms with E-state index in [2.05, 4.69) is 16.0 Å². The van der Waals surface area contributed by atoms with Gasteiger partial charge in [0.05, 0.1) is 11.6 Å². The number of piperidine rings is 1. The van der Waals surface area contributed by atoms with Gasteiger partial charge in [-0.3, -0.25) is 4.79 Å². The lowest BCUT2D eigenvalue weighted by molar-refractivity contribution is -0.144. The van der Waals surface area contributed by atoms with E-state index < -0.39 is 12.0 Å². The number of benzene rings is 1. The molecule has 0 spiro atoms. The van der Waals surface area contributed by atoms with E-state index in [4.69, 9.17) is 16.9 Å². The Morgan fingerprint density at radius 3 is 2.67 bits per heavy atom. The number of carbonyl (C=O) groups is 1. The minimum Gasteiger partial charge on any atom is -0.356 e. The van der Waals surface area contributed by atoms with Crippen LogP contribution in [0.1, 0.15) is 42.6 Å². The maximum atomic E-state index is 13.0. The molecule has 5 nitrogen and oxygen atoms in total. The average molecular weight is 437 g/mol. The van der Waals surface area contributed by atoms with Gasteiger partial charge in [0.2, 0.25) is 5.82 Å². The molecule has 1 atom stereocenters. The number of nitrogens with zero attached hydrogens (tertiary/aromatic N) is 4.